The van der Waals surface area contributed by atoms with Gasteiger partial charge in [0.05, 0.1) is 18.5 Å². The second-order valence-corrected chi connectivity index (χ2v) is 7.30. The molecule has 2 N–H and O–H groups in total. The molecule has 0 unspecified atom stereocenters. The molecule has 0 bridgehead atoms. The average Bonchev–Trinajstić information content (AvgIpc) is 2.82. The molecule has 2 aliphatic rings. The minimum Gasteiger partial charge on any atom is -0.485 e. The van der Waals surface area contributed by atoms with E-state index in [-0.39, 0.29) is 17.9 Å². The number of nitrogens with one attached hydrogen (secondary N) is 2. The zero-order valence-electron chi connectivity index (χ0n) is 15.1. The van der Waals surface area contributed by atoms with Gasteiger partial charge in [0.15, 0.2) is 0 Å². The zero-order chi connectivity index (χ0) is 18.7. The van der Waals surface area contributed by atoms with Crippen LogP contribution in [0.4, 0.5) is 0 Å². The highest BCUT2D eigenvalue weighted by atomic mass is 16.5. The number of rotatable bonds is 3. The Bertz CT molecular complexity index is 830. The third-order valence-electron chi connectivity index (χ3n) is 5.36. The van der Waals surface area contributed by atoms with Crippen LogP contribution in [0.15, 0.2) is 48.7 Å². The third-order valence-corrected chi connectivity index (χ3v) is 5.36. The minimum atomic E-state index is -0.398. The van der Waals surface area contributed by atoms with E-state index < -0.39 is 5.60 Å². The van der Waals surface area contributed by atoms with Gasteiger partial charge in [0.25, 0.3) is 5.91 Å². The van der Waals surface area contributed by atoms with Crippen LogP contribution in [0, 0.1) is 0 Å². The van der Waals surface area contributed by atoms with Crippen LogP contribution in [0.3, 0.4) is 0 Å². The van der Waals surface area contributed by atoms with Crippen molar-refractivity contribution in [1.29, 1.82) is 0 Å². The highest BCUT2D eigenvalue weighted by Crippen LogP contribution is 2.36. The van der Waals surface area contributed by atoms with Gasteiger partial charge in [0, 0.05) is 17.9 Å². The molecule has 6 nitrogen and oxygen atoms in total. The van der Waals surface area contributed by atoms with E-state index in [0.29, 0.717) is 24.3 Å². The molecule has 0 saturated heterocycles. The Morgan fingerprint density at radius 2 is 1.96 bits per heavy atom. The fraction of sp³-hybridized carbons (Fsp3) is 0.381. The summed E-state index contributed by atoms with van der Waals surface area (Å²) in [6.45, 7) is 0.495. The monoisotopic (exact) mass is 365 g/mol. The van der Waals surface area contributed by atoms with Crippen molar-refractivity contribution in [2.75, 3.05) is 6.54 Å². The Kier molecular flexibility index (Phi) is 4.79. The molecule has 1 fully saturated rings. The molecule has 2 heterocycles. The smallest absolute Gasteiger partial charge is 0.255 e. The van der Waals surface area contributed by atoms with Gasteiger partial charge in [-0.05, 0) is 49.9 Å². The molecule has 1 aromatic carbocycles. The molecule has 1 aliphatic heterocycles. The van der Waals surface area contributed by atoms with Crippen LogP contribution in [0.5, 0.6) is 5.75 Å². The number of hydrogen-bond donors (Lipinski definition) is 2. The summed E-state index contributed by atoms with van der Waals surface area (Å²) in [6.07, 6.45) is 5.22. The van der Waals surface area contributed by atoms with Crippen molar-refractivity contribution < 1.29 is 14.3 Å². The van der Waals surface area contributed by atoms with Crippen LogP contribution >= 0.6 is 0 Å². The molecule has 0 radical (unpaired) electrons. The quantitative estimate of drug-likeness (QED) is 0.874. The summed E-state index contributed by atoms with van der Waals surface area (Å²) in [4.78, 5) is 28.7. The molecule has 1 saturated carbocycles. The number of benzene rings is 1. The van der Waals surface area contributed by atoms with Crippen LogP contribution in [0.1, 0.15) is 41.7 Å². The molecular formula is C21H23N3O3. The van der Waals surface area contributed by atoms with Gasteiger partial charge >= 0.3 is 0 Å². The molecule has 4 rings (SSSR count). The molecule has 2 amide bonds. The number of aromatic nitrogens is 1. The first kappa shape index (κ1) is 17.5. The number of ether oxygens (including phenoxy) is 1. The predicted molar refractivity (Wildman–Crippen MR) is 100 cm³/mol. The largest absolute Gasteiger partial charge is 0.485 e. The maximum Gasteiger partial charge on any atom is 0.255 e. The zero-order valence-corrected chi connectivity index (χ0v) is 15.1. The fourth-order valence-electron chi connectivity index (χ4n) is 3.86. The number of carbonyl (C=O) groups is 2. The summed E-state index contributed by atoms with van der Waals surface area (Å²) in [5, 5.41) is 6.10. The van der Waals surface area contributed by atoms with E-state index >= 15 is 0 Å². The lowest BCUT2D eigenvalue weighted by atomic mass is 9.81. The predicted octanol–water partition coefficient (Wildman–Crippen LogP) is 2.24. The van der Waals surface area contributed by atoms with Crippen LogP contribution in [0.2, 0.25) is 0 Å². The summed E-state index contributed by atoms with van der Waals surface area (Å²) in [7, 11) is 0. The molecule has 1 spiro atoms. The molecule has 2 aromatic rings. The van der Waals surface area contributed by atoms with E-state index in [1.807, 2.05) is 36.4 Å². The summed E-state index contributed by atoms with van der Waals surface area (Å²) in [6, 6.07) is 13.1. The highest BCUT2D eigenvalue weighted by molar-refractivity contribution is 5.97. The number of carbonyl (C=O) groups excluding carboxylic acids is 2. The van der Waals surface area contributed by atoms with Crippen molar-refractivity contribution >= 4 is 11.8 Å². The molecule has 1 aliphatic carbocycles. The lowest BCUT2D eigenvalue weighted by Gasteiger charge is -2.39. The number of fused-ring (bicyclic) bond motifs is 1. The van der Waals surface area contributed by atoms with E-state index in [1.54, 1.807) is 12.3 Å². The van der Waals surface area contributed by atoms with E-state index in [1.165, 1.54) is 0 Å². The summed E-state index contributed by atoms with van der Waals surface area (Å²) >= 11 is 0. The molecule has 6 heteroatoms. The van der Waals surface area contributed by atoms with Crippen molar-refractivity contribution in [3.63, 3.8) is 0 Å². The van der Waals surface area contributed by atoms with Gasteiger partial charge in [-0.2, -0.15) is 0 Å². The highest BCUT2D eigenvalue weighted by Gasteiger charge is 2.40. The average molecular weight is 365 g/mol. The standard InChI is InChI=1S/C21H23N3O3/c25-19(13-16-5-3-4-12-22-16)24-15-8-10-21(11-9-15)14-23-20(26)17-6-1-2-7-18(17)27-21/h1-7,12,15H,8-11,13-14H2,(H,23,26)(H,24,25). The van der Waals surface area contributed by atoms with Gasteiger partial charge in [-0.3, -0.25) is 14.6 Å². The number of hydrogen-bond acceptors (Lipinski definition) is 4. The molecule has 0 atom stereocenters. The second-order valence-electron chi connectivity index (χ2n) is 7.30. The SMILES string of the molecule is O=C(Cc1ccccn1)NC1CCC2(CC1)CNC(=O)c1ccccc1O2. The number of amides is 2. The van der Waals surface area contributed by atoms with Crippen LogP contribution in [0.25, 0.3) is 0 Å². The fourth-order valence-corrected chi connectivity index (χ4v) is 3.86. The summed E-state index contributed by atoms with van der Waals surface area (Å²) in [5.74, 6) is 0.550. The Labute approximate surface area is 158 Å². The Morgan fingerprint density at radius 1 is 1.19 bits per heavy atom. The van der Waals surface area contributed by atoms with Crippen LogP contribution < -0.4 is 15.4 Å². The number of para-hydroxylation sites is 1. The molecular weight excluding hydrogens is 342 g/mol. The Morgan fingerprint density at radius 3 is 2.74 bits per heavy atom. The van der Waals surface area contributed by atoms with Gasteiger partial charge < -0.3 is 15.4 Å². The topological polar surface area (TPSA) is 80.3 Å². The number of nitrogens with zero attached hydrogens (tertiary/aromatic N) is 1. The van der Waals surface area contributed by atoms with Gasteiger partial charge in [0.1, 0.15) is 11.4 Å². The van der Waals surface area contributed by atoms with E-state index in [0.717, 1.165) is 31.4 Å². The maximum atomic E-state index is 12.3. The molecule has 140 valence electrons. The lowest BCUT2D eigenvalue weighted by molar-refractivity contribution is -0.121. The number of pyridine rings is 1. The lowest BCUT2D eigenvalue weighted by Crippen LogP contribution is -2.51. The van der Waals surface area contributed by atoms with Crippen molar-refractivity contribution in [3.05, 3.63) is 59.9 Å². The third kappa shape index (κ3) is 3.94. The Hall–Kier alpha value is -2.89. The summed E-state index contributed by atoms with van der Waals surface area (Å²) in [5.41, 5.74) is 0.957. The van der Waals surface area contributed by atoms with Crippen molar-refractivity contribution in [1.82, 2.24) is 15.6 Å². The van der Waals surface area contributed by atoms with Gasteiger partial charge in [-0.25, -0.2) is 0 Å². The van der Waals surface area contributed by atoms with Crippen molar-refractivity contribution in [3.8, 4) is 5.75 Å². The molecule has 1 aromatic heterocycles. The maximum absolute atomic E-state index is 12.3. The van der Waals surface area contributed by atoms with Crippen molar-refractivity contribution in [2.45, 2.75) is 43.7 Å². The second kappa shape index (κ2) is 7.39. The first-order valence-corrected chi connectivity index (χ1v) is 9.39. The van der Waals surface area contributed by atoms with E-state index in [4.69, 9.17) is 4.74 Å². The van der Waals surface area contributed by atoms with Gasteiger partial charge in [-0.15, -0.1) is 0 Å². The Balaban J connectivity index is 1.36. The van der Waals surface area contributed by atoms with Crippen molar-refractivity contribution in [2.24, 2.45) is 0 Å². The van der Waals surface area contributed by atoms with E-state index in [9.17, 15) is 9.59 Å². The normalized spacial score (nSPS) is 24.3. The first-order chi connectivity index (χ1) is 13.1. The van der Waals surface area contributed by atoms with Gasteiger partial charge in [-0.1, -0.05) is 18.2 Å². The molecule has 27 heavy (non-hydrogen) atoms. The van der Waals surface area contributed by atoms with Crippen LogP contribution in [-0.4, -0.2) is 35.0 Å². The summed E-state index contributed by atoms with van der Waals surface area (Å²) < 4.78 is 6.30. The first-order valence-electron chi connectivity index (χ1n) is 9.39. The van der Waals surface area contributed by atoms with Crippen LogP contribution in [-0.2, 0) is 11.2 Å². The van der Waals surface area contributed by atoms with E-state index in [2.05, 4.69) is 15.6 Å². The van der Waals surface area contributed by atoms with Gasteiger partial charge in [0.2, 0.25) is 5.91 Å². The minimum absolute atomic E-state index is 0.00455.